The molecule has 29 heavy (non-hydrogen) atoms. The minimum Gasteiger partial charge on any atom is -0.256 e. The summed E-state index contributed by atoms with van der Waals surface area (Å²) in [5, 5.41) is 0. The van der Waals surface area contributed by atoms with E-state index < -0.39 is 15.8 Å². The van der Waals surface area contributed by atoms with Crippen molar-refractivity contribution in [2.24, 2.45) is 0 Å². The van der Waals surface area contributed by atoms with Gasteiger partial charge in [-0.1, -0.05) is 31.2 Å². The number of hydrogen-bond acceptors (Lipinski definition) is 4. The Morgan fingerprint density at radius 3 is 1.31 bits per heavy atom. The molecular weight excluding hydrogens is 394 g/mol. The van der Waals surface area contributed by atoms with Crippen LogP contribution < -0.4 is 21.7 Å². The Kier molecular flexibility index (Phi) is 6.67. The highest BCUT2D eigenvalue weighted by Gasteiger charge is 2.28. The number of pyridine rings is 4. The Bertz CT molecular complexity index is 923. The number of rotatable bonds is 7. The first kappa shape index (κ1) is 19.8. The van der Waals surface area contributed by atoms with Crippen LogP contribution in [0.15, 0.2) is 97.6 Å². The highest BCUT2D eigenvalue weighted by Crippen LogP contribution is 2.44. The van der Waals surface area contributed by atoms with Gasteiger partial charge in [-0.05, 0) is 76.2 Å². The molecule has 0 aliphatic carbocycles. The summed E-state index contributed by atoms with van der Waals surface area (Å²) in [6.45, 7) is 2.32. The molecule has 0 saturated heterocycles. The van der Waals surface area contributed by atoms with Gasteiger partial charge in [0.15, 0.2) is 0 Å². The molecule has 4 aromatic heterocycles. The summed E-state index contributed by atoms with van der Waals surface area (Å²) in [7, 11) is -1.35. The number of aromatic nitrogens is 4. The largest absolute Gasteiger partial charge is 0.256 e. The van der Waals surface area contributed by atoms with Gasteiger partial charge in [0, 0.05) is 24.8 Å². The molecular formula is C23H22N4P2. The molecule has 0 spiro atoms. The second-order valence-electron chi connectivity index (χ2n) is 6.58. The van der Waals surface area contributed by atoms with Gasteiger partial charge in [0.05, 0.1) is 21.7 Å². The molecule has 0 saturated carbocycles. The zero-order valence-electron chi connectivity index (χ0n) is 16.2. The molecule has 1 atom stereocenters. The van der Waals surface area contributed by atoms with E-state index in [0.717, 1.165) is 27.9 Å². The lowest BCUT2D eigenvalue weighted by Crippen LogP contribution is -2.29. The lowest BCUT2D eigenvalue weighted by Gasteiger charge is -2.27. The zero-order valence-corrected chi connectivity index (χ0v) is 18.0. The first-order chi connectivity index (χ1) is 14.3. The van der Waals surface area contributed by atoms with Crippen LogP contribution in [0.4, 0.5) is 0 Å². The average molecular weight is 416 g/mol. The van der Waals surface area contributed by atoms with E-state index in [1.165, 1.54) is 0 Å². The van der Waals surface area contributed by atoms with E-state index in [-0.39, 0.29) is 0 Å². The fourth-order valence-electron chi connectivity index (χ4n) is 3.24. The third-order valence-corrected chi connectivity index (χ3v) is 9.95. The van der Waals surface area contributed by atoms with Crippen molar-refractivity contribution in [3.05, 3.63) is 97.6 Å². The summed E-state index contributed by atoms with van der Waals surface area (Å²) in [6, 6.07) is 24.6. The first-order valence-corrected chi connectivity index (χ1v) is 12.5. The van der Waals surface area contributed by atoms with Crippen LogP contribution in [0.5, 0.6) is 0 Å². The molecule has 4 nitrogen and oxygen atoms in total. The summed E-state index contributed by atoms with van der Waals surface area (Å²) < 4.78 is 0. The van der Waals surface area contributed by atoms with E-state index in [0.29, 0.717) is 5.66 Å². The molecule has 6 heteroatoms. The summed E-state index contributed by atoms with van der Waals surface area (Å²) in [4.78, 5) is 18.7. The Labute approximate surface area is 174 Å². The molecule has 4 heterocycles. The molecule has 0 amide bonds. The van der Waals surface area contributed by atoms with E-state index >= 15 is 0 Å². The van der Waals surface area contributed by atoms with Crippen LogP contribution in [0, 0.1) is 0 Å². The standard InChI is InChI=1S/C23H22N4P2/c1-19(29(22-12-4-8-16-26-22)23-13-5-9-17-27-23)18-28(20-10-2-6-14-24-20)21-11-3-7-15-25-21/h2-17,19H,18H2,1H3. The molecule has 4 rings (SSSR count). The van der Waals surface area contributed by atoms with E-state index in [9.17, 15) is 0 Å². The Morgan fingerprint density at radius 1 is 0.586 bits per heavy atom. The molecule has 1 unspecified atom stereocenters. The SMILES string of the molecule is CC(CP(c1ccccn1)c1ccccn1)P(c1ccccn1)c1ccccn1. The van der Waals surface area contributed by atoms with Crippen LogP contribution in [0.1, 0.15) is 6.92 Å². The van der Waals surface area contributed by atoms with Gasteiger partial charge in [-0.15, -0.1) is 0 Å². The van der Waals surface area contributed by atoms with Crippen molar-refractivity contribution in [3.8, 4) is 0 Å². The van der Waals surface area contributed by atoms with Gasteiger partial charge in [0.2, 0.25) is 0 Å². The Morgan fingerprint density at radius 2 is 0.966 bits per heavy atom. The monoisotopic (exact) mass is 416 g/mol. The van der Waals surface area contributed by atoms with Gasteiger partial charge in [-0.25, -0.2) is 0 Å². The third kappa shape index (κ3) is 4.90. The van der Waals surface area contributed by atoms with Crippen molar-refractivity contribution < 1.29 is 0 Å². The fraction of sp³-hybridized carbons (Fsp3) is 0.130. The smallest absolute Gasteiger partial charge is 0.0694 e. The Hall–Kier alpha value is -2.54. The average Bonchev–Trinajstić information content (AvgIpc) is 2.80. The van der Waals surface area contributed by atoms with Gasteiger partial charge in [-0.3, -0.25) is 19.9 Å². The van der Waals surface area contributed by atoms with Crippen LogP contribution in [-0.2, 0) is 0 Å². The fourth-order valence-corrected chi connectivity index (χ4v) is 8.48. The second-order valence-corrected chi connectivity index (χ2v) is 11.3. The van der Waals surface area contributed by atoms with Gasteiger partial charge >= 0.3 is 0 Å². The lowest BCUT2D eigenvalue weighted by atomic mass is 10.5. The van der Waals surface area contributed by atoms with Crippen molar-refractivity contribution >= 4 is 37.6 Å². The maximum Gasteiger partial charge on any atom is 0.0694 e. The minimum absolute atomic E-state index is 0.380. The van der Waals surface area contributed by atoms with Gasteiger partial charge in [0.1, 0.15) is 0 Å². The molecule has 0 aliphatic heterocycles. The maximum absolute atomic E-state index is 4.69. The van der Waals surface area contributed by atoms with E-state index in [1.807, 2.05) is 49.1 Å². The zero-order chi connectivity index (χ0) is 19.9. The molecule has 144 valence electrons. The van der Waals surface area contributed by atoms with Crippen molar-refractivity contribution in [1.29, 1.82) is 0 Å². The molecule has 4 aromatic rings. The minimum atomic E-state index is -0.687. The Balaban J connectivity index is 1.70. The van der Waals surface area contributed by atoms with Crippen LogP contribution in [-0.4, -0.2) is 31.8 Å². The van der Waals surface area contributed by atoms with Crippen molar-refractivity contribution in [2.45, 2.75) is 12.6 Å². The highest BCUT2D eigenvalue weighted by atomic mass is 31.1. The van der Waals surface area contributed by atoms with Gasteiger partial charge in [0.25, 0.3) is 0 Å². The van der Waals surface area contributed by atoms with Crippen LogP contribution in [0.2, 0.25) is 0 Å². The number of hydrogen-bond donors (Lipinski definition) is 0. The lowest BCUT2D eigenvalue weighted by molar-refractivity contribution is 1.10. The normalized spacial score (nSPS) is 12.2. The summed E-state index contributed by atoms with van der Waals surface area (Å²) in [5.74, 6) is 0. The topological polar surface area (TPSA) is 51.6 Å². The van der Waals surface area contributed by atoms with Crippen LogP contribution >= 0.6 is 15.8 Å². The summed E-state index contributed by atoms with van der Waals surface area (Å²) in [6.07, 6.45) is 8.49. The number of nitrogens with zero attached hydrogens (tertiary/aromatic N) is 4. The van der Waals surface area contributed by atoms with Crippen LogP contribution in [0.25, 0.3) is 0 Å². The molecule has 0 bridgehead atoms. The van der Waals surface area contributed by atoms with Crippen molar-refractivity contribution in [3.63, 3.8) is 0 Å². The first-order valence-electron chi connectivity index (χ1n) is 9.54. The molecule has 0 radical (unpaired) electrons. The van der Waals surface area contributed by atoms with Crippen molar-refractivity contribution in [1.82, 2.24) is 19.9 Å². The summed E-state index contributed by atoms with van der Waals surface area (Å²) >= 11 is 0. The summed E-state index contributed by atoms with van der Waals surface area (Å²) in [5.41, 5.74) is 4.84. The predicted molar refractivity (Wildman–Crippen MR) is 124 cm³/mol. The van der Waals surface area contributed by atoms with E-state index in [1.54, 1.807) is 0 Å². The molecule has 0 N–H and O–H groups in total. The van der Waals surface area contributed by atoms with E-state index in [4.69, 9.17) is 9.97 Å². The second kappa shape index (κ2) is 9.78. The van der Waals surface area contributed by atoms with E-state index in [2.05, 4.69) is 65.4 Å². The molecule has 0 fully saturated rings. The molecule has 0 aromatic carbocycles. The quantitative estimate of drug-likeness (QED) is 0.434. The maximum atomic E-state index is 4.69. The van der Waals surface area contributed by atoms with Gasteiger partial charge in [-0.2, -0.15) is 0 Å². The van der Waals surface area contributed by atoms with Crippen molar-refractivity contribution in [2.75, 3.05) is 6.16 Å². The third-order valence-electron chi connectivity index (χ3n) is 4.53. The van der Waals surface area contributed by atoms with Crippen LogP contribution in [0.3, 0.4) is 0 Å². The predicted octanol–water partition coefficient (Wildman–Crippen LogP) is 3.22. The van der Waals surface area contributed by atoms with Gasteiger partial charge < -0.3 is 0 Å². The molecule has 0 aliphatic rings. The highest BCUT2D eigenvalue weighted by molar-refractivity contribution is 7.76.